The van der Waals surface area contributed by atoms with E-state index in [9.17, 15) is 4.79 Å². The lowest BCUT2D eigenvalue weighted by atomic mass is 10.0. The van der Waals surface area contributed by atoms with Gasteiger partial charge in [0.05, 0.1) is 6.54 Å². The van der Waals surface area contributed by atoms with Crippen molar-refractivity contribution in [2.45, 2.75) is 13.8 Å². The molecule has 0 radical (unpaired) electrons. The first-order chi connectivity index (χ1) is 5.15. The molecule has 1 aliphatic rings. The Morgan fingerprint density at radius 2 is 1.91 bits per heavy atom. The van der Waals surface area contributed by atoms with Crippen LogP contribution in [0.2, 0.25) is 0 Å². The predicted molar refractivity (Wildman–Crippen MR) is 44.0 cm³/mol. The van der Waals surface area contributed by atoms with Gasteiger partial charge in [0.2, 0.25) is 5.91 Å². The fraction of sp³-hybridized carbons (Fsp3) is 0.875. The van der Waals surface area contributed by atoms with E-state index in [1.54, 1.807) is 0 Å². The van der Waals surface area contributed by atoms with Gasteiger partial charge >= 0.3 is 0 Å². The van der Waals surface area contributed by atoms with Gasteiger partial charge in [-0.15, -0.1) is 0 Å². The molecule has 1 aliphatic heterocycles. The lowest BCUT2D eigenvalue weighted by molar-refractivity contribution is -0.128. The largest absolute Gasteiger partial charge is 0.341 e. The number of carbonyl (C=O) groups is 1. The van der Waals surface area contributed by atoms with Crippen molar-refractivity contribution in [3.8, 4) is 0 Å². The number of hydrogen-bond acceptors (Lipinski definition) is 2. The highest BCUT2D eigenvalue weighted by atomic mass is 16.2. The lowest BCUT2D eigenvalue weighted by Crippen LogP contribution is -2.34. The smallest absolute Gasteiger partial charge is 0.236 e. The first-order valence-corrected chi connectivity index (χ1v) is 4.13. The summed E-state index contributed by atoms with van der Waals surface area (Å²) in [6.45, 7) is 6.27. The van der Waals surface area contributed by atoms with Crippen molar-refractivity contribution in [1.82, 2.24) is 4.90 Å². The van der Waals surface area contributed by atoms with Gasteiger partial charge in [-0.25, -0.2) is 0 Å². The van der Waals surface area contributed by atoms with E-state index in [1.165, 1.54) is 0 Å². The van der Waals surface area contributed by atoms with Crippen LogP contribution in [0.1, 0.15) is 13.8 Å². The number of hydrogen-bond donors (Lipinski definition) is 1. The minimum atomic E-state index is 0.0844. The Kier molecular flexibility index (Phi) is 2.49. The van der Waals surface area contributed by atoms with Gasteiger partial charge in [0.25, 0.3) is 0 Å². The molecule has 0 aliphatic carbocycles. The molecule has 1 amide bonds. The van der Waals surface area contributed by atoms with Crippen LogP contribution in [0.3, 0.4) is 0 Å². The summed E-state index contributed by atoms with van der Waals surface area (Å²) in [5.74, 6) is 1.34. The third-order valence-corrected chi connectivity index (χ3v) is 2.52. The molecule has 1 rings (SSSR count). The van der Waals surface area contributed by atoms with Crippen LogP contribution in [-0.2, 0) is 4.79 Å². The minimum Gasteiger partial charge on any atom is -0.341 e. The second kappa shape index (κ2) is 3.22. The maximum Gasteiger partial charge on any atom is 0.236 e. The Balaban J connectivity index is 2.46. The van der Waals surface area contributed by atoms with Crippen molar-refractivity contribution in [2.24, 2.45) is 17.6 Å². The number of rotatable bonds is 1. The van der Waals surface area contributed by atoms with Crippen LogP contribution in [0.4, 0.5) is 0 Å². The van der Waals surface area contributed by atoms with Crippen molar-refractivity contribution >= 4 is 5.91 Å². The fourth-order valence-corrected chi connectivity index (χ4v) is 1.46. The van der Waals surface area contributed by atoms with Crippen molar-refractivity contribution in [3.63, 3.8) is 0 Å². The summed E-state index contributed by atoms with van der Waals surface area (Å²) in [5, 5.41) is 0. The Morgan fingerprint density at radius 1 is 1.45 bits per heavy atom. The fourth-order valence-electron chi connectivity index (χ4n) is 1.46. The molecular formula is C8H16N2O. The van der Waals surface area contributed by atoms with Crippen molar-refractivity contribution in [1.29, 1.82) is 0 Å². The van der Waals surface area contributed by atoms with Crippen molar-refractivity contribution in [2.75, 3.05) is 19.6 Å². The van der Waals surface area contributed by atoms with Crippen LogP contribution in [0, 0.1) is 11.8 Å². The molecule has 1 saturated heterocycles. The average Bonchev–Trinajstić information content (AvgIpc) is 2.31. The van der Waals surface area contributed by atoms with E-state index >= 15 is 0 Å². The molecule has 0 aromatic carbocycles. The number of amides is 1. The van der Waals surface area contributed by atoms with Gasteiger partial charge < -0.3 is 10.6 Å². The van der Waals surface area contributed by atoms with Crippen molar-refractivity contribution < 1.29 is 4.79 Å². The second-order valence-electron chi connectivity index (χ2n) is 3.46. The normalized spacial score (nSPS) is 31.0. The second-order valence-corrected chi connectivity index (χ2v) is 3.46. The van der Waals surface area contributed by atoms with Crippen LogP contribution in [0.15, 0.2) is 0 Å². The molecule has 0 spiro atoms. The highest BCUT2D eigenvalue weighted by Crippen LogP contribution is 2.21. The zero-order valence-electron chi connectivity index (χ0n) is 7.21. The number of likely N-dealkylation sites (tertiary alicyclic amines) is 1. The first-order valence-electron chi connectivity index (χ1n) is 4.13. The summed E-state index contributed by atoms with van der Waals surface area (Å²) in [6.07, 6.45) is 0. The zero-order chi connectivity index (χ0) is 8.43. The molecule has 2 atom stereocenters. The van der Waals surface area contributed by atoms with Gasteiger partial charge in [0.1, 0.15) is 0 Å². The first kappa shape index (κ1) is 8.53. The molecular weight excluding hydrogens is 140 g/mol. The highest BCUT2D eigenvalue weighted by molar-refractivity contribution is 5.78. The molecule has 0 saturated carbocycles. The van der Waals surface area contributed by atoms with E-state index < -0.39 is 0 Å². The van der Waals surface area contributed by atoms with E-state index in [-0.39, 0.29) is 12.5 Å². The summed E-state index contributed by atoms with van der Waals surface area (Å²) in [7, 11) is 0. The Morgan fingerprint density at radius 3 is 2.27 bits per heavy atom. The van der Waals surface area contributed by atoms with Crippen LogP contribution < -0.4 is 5.73 Å². The molecule has 11 heavy (non-hydrogen) atoms. The lowest BCUT2D eigenvalue weighted by Gasteiger charge is -2.13. The molecule has 2 N–H and O–H groups in total. The topological polar surface area (TPSA) is 46.3 Å². The third-order valence-electron chi connectivity index (χ3n) is 2.52. The molecule has 0 aromatic heterocycles. The maximum absolute atomic E-state index is 11.1. The Hall–Kier alpha value is -0.570. The van der Waals surface area contributed by atoms with Crippen LogP contribution in [0.25, 0.3) is 0 Å². The van der Waals surface area contributed by atoms with E-state index in [1.807, 2.05) is 4.90 Å². The SMILES string of the molecule is CC1CN(C(=O)CN)C[C@@H]1C. The van der Waals surface area contributed by atoms with E-state index in [0.717, 1.165) is 13.1 Å². The van der Waals surface area contributed by atoms with Gasteiger partial charge in [-0.3, -0.25) is 4.79 Å². The molecule has 1 unspecified atom stereocenters. The van der Waals surface area contributed by atoms with Gasteiger partial charge in [0.15, 0.2) is 0 Å². The van der Waals surface area contributed by atoms with Gasteiger partial charge in [-0.2, -0.15) is 0 Å². The van der Waals surface area contributed by atoms with E-state index in [2.05, 4.69) is 13.8 Å². The summed E-state index contributed by atoms with van der Waals surface area (Å²) in [5.41, 5.74) is 5.25. The molecule has 3 heteroatoms. The summed E-state index contributed by atoms with van der Waals surface area (Å²) in [4.78, 5) is 13.0. The molecule has 64 valence electrons. The summed E-state index contributed by atoms with van der Waals surface area (Å²) < 4.78 is 0. The Bertz CT molecular complexity index is 148. The average molecular weight is 156 g/mol. The molecule has 1 heterocycles. The summed E-state index contributed by atoms with van der Waals surface area (Å²) >= 11 is 0. The van der Waals surface area contributed by atoms with E-state index in [4.69, 9.17) is 5.73 Å². The standard InChI is InChI=1S/C8H16N2O/c1-6-4-10(5-7(6)2)8(11)3-9/h6-7H,3-5,9H2,1-2H3/t6-,7?/m0/s1. The number of nitrogens with two attached hydrogens (primary N) is 1. The van der Waals surface area contributed by atoms with Crippen LogP contribution >= 0.6 is 0 Å². The molecule has 1 fully saturated rings. The Labute approximate surface area is 67.5 Å². The molecule has 3 nitrogen and oxygen atoms in total. The minimum absolute atomic E-state index is 0.0844. The summed E-state index contributed by atoms with van der Waals surface area (Å²) in [6, 6.07) is 0. The quantitative estimate of drug-likeness (QED) is 0.583. The third kappa shape index (κ3) is 1.71. The molecule has 0 bridgehead atoms. The molecule has 0 aromatic rings. The van der Waals surface area contributed by atoms with Gasteiger partial charge in [-0.05, 0) is 11.8 Å². The van der Waals surface area contributed by atoms with Crippen LogP contribution in [-0.4, -0.2) is 30.4 Å². The van der Waals surface area contributed by atoms with E-state index in [0.29, 0.717) is 11.8 Å². The zero-order valence-corrected chi connectivity index (χ0v) is 7.21. The van der Waals surface area contributed by atoms with Gasteiger partial charge in [-0.1, -0.05) is 13.8 Å². The highest BCUT2D eigenvalue weighted by Gasteiger charge is 2.28. The number of nitrogens with zero attached hydrogens (tertiary/aromatic N) is 1. The monoisotopic (exact) mass is 156 g/mol. The van der Waals surface area contributed by atoms with Gasteiger partial charge in [0, 0.05) is 13.1 Å². The van der Waals surface area contributed by atoms with Crippen LogP contribution in [0.5, 0.6) is 0 Å². The predicted octanol–water partition coefficient (Wildman–Crippen LogP) is 0.0595. The maximum atomic E-state index is 11.1. The number of carbonyl (C=O) groups excluding carboxylic acids is 1. The van der Waals surface area contributed by atoms with Crippen molar-refractivity contribution in [3.05, 3.63) is 0 Å².